The van der Waals surface area contributed by atoms with Crippen LogP contribution in [-0.2, 0) is 6.54 Å². The molecule has 0 unspecified atom stereocenters. The average Bonchev–Trinajstić information content (AvgIpc) is 2.83. The molecule has 32 heavy (non-hydrogen) atoms. The van der Waals surface area contributed by atoms with Gasteiger partial charge in [0.1, 0.15) is 0 Å². The van der Waals surface area contributed by atoms with Gasteiger partial charge in [0.2, 0.25) is 5.75 Å². The van der Waals surface area contributed by atoms with Crippen molar-refractivity contribution in [1.29, 1.82) is 0 Å². The van der Waals surface area contributed by atoms with Crippen LogP contribution < -0.4 is 25.3 Å². The first-order valence-electron chi connectivity index (χ1n) is 10.4. The number of nitrogens with zero attached hydrogens (tertiary/aromatic N) is 3. The lowest BCUT2D eigenvalue weighted by molar-refractivity contribution is 0.0976. The number of guanidine groups is 1. The van der Waals surface area contributed by atoms with E-state index in [-0.39, 0.29) is 11.9 Å². The first kappa shape index (κ1) is 23.4. The van der Waals surface area contributed by atoms with Crippen molar-refractivity contribution < 1.29 is 19.0 Å². The fourth-order valence-corrected chi connectivity index (χ4v) is 3.61. The molecule has 1 fully saturated rings. The summed E-state index contributed by atoms with van der Waals surface area (Å²) in [4.78, 5) is 21.0. The molecule has 9 nitrogen and oxygen atoms in total. The molecule has 2 aromatic carbocycles. The third-order valence-corrected chi connectivity index (χ3v) is 5.36. The Bertz CT molecular complexity index is 927. The van der Waals surface area contributed by atoms with Crippen molar-refractivity contribution in [3.63, 3.8) is 0 Å². The van der Waals surface area contributed by atoms with E-state index in [2.05, 4.69) is 20.1 Å². The first-order valence-corrected chi connectivity index (χ1v) is 10.4. The lowest BCUT2D eigenvalue weighted by atomic mass is 10.1. The summed E-state index contributed by atoms with van der Waals surface area (Å²) in [5, 5.41) is 2.63. The van der Waals surface area contributed by atoms with E-state index in [1.165, 1.54) is 0 Å². The van der Waals surface area contributed by atoms with Gasteiger partial charge in [-0.15, -0.1) is 0 Å². The predicted octanol–water partition coefficient (Wildman–Crippen LogP) is 1.53. The molecule has 0 aliphatic carbocycles. The van der Waals surface area contributed by atoms with Gasteiger partial charge in [-0.1, -0.05) is 24.3 Å². The van der Waals surface area contributed by atoms with Gasteiger partial charge < -0.3 is 19.9 Å². The molecule has 3 rings (SSSR count). The number of piperazine rings is 1. The zero-order valence-electron chi connectivity index (χ0n) is 18.8. The van der Waals surface area contributed by atoms with Crippen molar-refractivity contribution in [3.05, 3.63) is 53.6 Å². The van der Waals surface area contributed by atoms with Crippen LogP contribution in [0.5, 0.6) is 17.2 Å². The van der Waals surface area contributed by atoms with Gasteiger partial charge in [-0.05, 0) is 18.2 Å². The van der Waals surface area contributed by atoms with Crippen LogP contribution in [0.3, 0.4) is 0 Å². The van der Waals surface area contributed by atoms with Gasteiger partial charge in [-0.3, -0.25) is 19.9 Å². The molecule has 2 aromatic rings. The predicted molar refractivity (Wildman–Crippen MR) is 123 cm³/mol. The summed E-state index contributed by atoms with van der Waals surface area (Å²) < 4.78 is 16.4. The Morgan fingerprint density at radius 1 is 0.938 bits per heavy atom. The Morgan fingerprint density at radius 3 is 2.22 bits per heavy atom. The largest absolute Gasteiger partial charge is 0.493 e. The maximum absolute atomic E-state index is 12.1. The number of carbonyl (C=O) groups excluding carboxylic acids is 1. The van der Waals surface area contributed by atoms with Gasteiger partial charge in [0, 0.05) is 43.9 Å². The highest BCUT2D eigenvalue weighted by atomic mass is 16.5. The molecule has 0 aromatic heterocycles. The second-order valence-corrected chi connectivity index (χ2v) is 7.39. The SMILES string of the molecule is COc1ccc(CN2CCN(CN=C(N)NC(=O)c3ccccc3)CC2)c(OC)c1OC. The van der Waals surface area contributed by atoms with Crippen molar-refractivity contribution in [2.45, 2.75) is 6.54 Å². The van der Waals surface area contributed by atoms with E-state index in [9.17, 15) is 4.79 Å². The van der Waals surface area contributed by atoms with E-state index < -0.39 is 0 Å². The molecule has 1 heterocycles. The molecule has 0 spiro atoms. The number of rotatable bonds is 8. The molecule has 0 radical (unpaired) electrons. The van der Waals surface area contributed by atoms with E-state index in [1.54, 1.807) is 45.6 Å². The van der Waals surface area contributed by atoms with Gasteiger partial charge >= 0.3 is 0 Å². The van der Waals surface area contributed by atoms with Crippen LogP contribution in [0.25, 0.3) is 0 Å². The maximum Gasteiger partial charge on any atom is 0.257 e. The number of nitrogens with one attached hydrogen (secondary N) is 1. The third-order valence-electron chi connectivity index (χ3n) is 5.36. The Balaban J connectivity index is 1.50. The number of hydrogen-bond acceptors (Lipinski definition) is 7. The summed E-state index contributed by atoms with van der Waals surface area (Å²) in [6.07, 6.45) is 0. The quantitative estimate of drug-likeness (QED) is 0.473. The topological polar surface area (TPSA) is 102 Å². The van der Waals surface area contributed by atoms with Crippen LogP contribution in [0.1, 0.15) is 15.9 Å². The van der Waals surface area contributed by atoms with Crippen molar-refractivity contribution in [2.75, 3.05) is 54.2 Å². The molecule has 1 aliphatic heterocycles. The summed E-state index contributed by atoms with van der Waals surface area (Å²) in [7, 11) is 4.85. The van der Waals surface area contributed by atoms with E-state index in [4.69, 9.17) is 19.9 Å². The molecule has 172 valence electrons. The number of carbonyl (C=O) groups is 1. The van der Waals surface area contributed by atoms with Crippen LogP contribution in [0.4, 0.5) is 0 Å². The molecule has 0 bridgehead atoms. The number of aliphatic imine (C=N–C) groups is 1. The summed E-state index contributed by atoms with van der Waals surface area (Å²) in [5.74, 6) is 1.80. The smallest absolute Gasteiger partial charge is 0.257 e. The number of amides is 1. The summed E-state index contributed by atoms with van der Waals surface area (Å²) in [6.45, 7) is 4.63. The summed E-state index contributed by atoms with van der Waals surface area (Å²) in [5.41, 5.74) is 7.48. The lowest BCUT2D eigenvalue weighted by Gasteiger charge is -2.34. The Morgan fingerprint density at radius 2 is 1.59 bits per heavy atom. The fraction of sp³-hybridized carbons (Fsp3) is 0.391. The lowest BCUT2D eigenvalue weighted by Crippen LogP contribution is -2.46. The van der Waals surface area contributed by atoms with E-state index >= 15 is 0 Å². The second kappa shape index (κ2) is 11.4. The Hall–Kier alpha value is -3.30. The number of methoxy groups -OCH3 is 3. The monoisotopic (exact) mass is 441 g/mol. The van der Waals surface area contributed by atoms with Crippen LogP contribution >= 0.6 is 0 Å². The van der Waals surface area contributed by atoms with Crippen molar-refractivity contribution >= 4 is 11.9 Å². The molecule has 1 aliphatic rings. The molecule has 9 heteroatoms. The van der Waals surface area contributed by atoms with Crippen LogP contribution in [0.15, 0.2) is 47.5 Å². The van der Waals surface area contributed by atoms with Gasteiger partial charge in [-0.25, -0.2) is 4.99 Å². The van der Waals surface area contributed by atoms with E-state index in [1.807, 2.05) is 18.2 Å². The van der Waals surface area contributed by atoms with Crippen molar-refractivity contribution in [1.82, 2.24) is 15.1 Å². The van der Waals surface area contributed by atoms with Gasteiger partial charge in [0.05, 0.1) is 28.0 Å². The minimum Gasteiger partial charge on any atom is -0.493 e. The highest BCUT2D eigenvalue weighted by molar-refractivity contribution is 6.05. The van der Waals surface area contributed by atoms with Crippen LogP contribution in [0.2, 0.25) is 0 Å². The minimum absolute atomic E-state index is 0.122. The van der Waals surface area contributed by atoms with Gasteiger partial charge in [-0.2, -0.15) is 0 Å². The van der Waals surface area contributed by atoms with Crippen molar-refractivity contribution in [3.8, 4) is 17.2 Å². The van der Waals surface area contributed by atoms with Crippen molar-refractivity contribution in [2.24, 2.45) is 10.7 Å². The van der Waals surface area contributed by atoms with E-state index in [0.717, 1.165) is 38.3 Å². The van der Waals surface area contributed by atoms with Crippen LogP contribution in [-0.4, -0.2) is 75.8 Å². The number of hydrogen-bond donors (Lipinski definition) is 2. The third kappa shape index (κ3) is 5.89. The van der Waals surface area contributed by atoms with Crippen LogP contribution in [0, 0.1) is 0 Å². The Kier molecular flexibility index (Phi) is 8.29. The maximum atomic E-state index is 12.1. The molecule has 0 saturated carbocycles. The average molecular weight is 442 g/mol. The standard InChI is InChI=1S/C23H31N5O4/c1-30-19-10-9-18(20(31-2)21(19)32-3)15-27-11-13-28(14-12-27)16-25-23(24)26-22(29)17-7-5-4-6-8-17/h4-10H,11-16H2,1-3H3,(H3,24,25,26,29). The zero-order valence-corrected chi connectivity index (χ0v) is 18.8. The second-order valence-electron chi connectivity index (χ2n) is 7.39. The zero-order chi connectivity index (χ0) is 22.9. The molecule has 1 saturated heterocycles. The number of ether oxygens (including phenoxy) is 3. The molecular weight excluding hydrogens is 410 g/mol. The van der Waals surface area contributed by atoms with Gasteiger partial charge in [0.15, 0.2) is 17.5 Å². The molecule has 0 atom stereocenters. The molecule has 3 N–H and O–H groups in total. The Labute approximate surface area is 188 Å². The first-order chi connectivity index (χ1) is 15.5. The van der Waals surface area contributed by atoms with E-state index in [0.29, 0.717) is 29.5 Å². The molecular formula is C23H31N5O4. The van der Waals surface area contributed by atoms with Gasteiger partial charge in [0.25, 0.3) is 5.91 Å². The minimum atomic E-state index is -0.263. The highest BCUT2D eigenvalue weighted by Gasteiger charge is 2.21. The number of nitrogens with two attached hydrogens (primary N) is 1. The fourth-order valence-electron chi connectivity index (χ4n) is 3.61. The summed E-state index contributed by atoms with van der Waals surface area (Å²) in [6, 6.07) is 12.8. The molecule has 1 amide bonds. The highest BCUT2D eigenvalue weighted by Crippen LogP contribution is 2.40. The number of benzene rings is 2. The summed E-state index contributed by atoms with van der Waals surface area (Å²) >= 11 is 0. The normalized spacial score (nSPS) is 15.3.